The summed E-state index contributed by atoms with van der Waals surface area (Å²) in [6.45, 7) is 5.94. The number of nitrogens with two attached hydrogens (primary N) is 1. The molecule has 0 aliphatic heterocycles. The smallest absolute Gasteiger partial charge is 0.141 e. The lowest BCUT2D eigenvalue weighted by atomic mass is 9.85. The first-order valence-corrected chi connectivity index (χ1v) is 5.90. The van der Waals surface area contributed by atoms with Crippen LogP contribution in [0.3, 0.4) is 0 Å². The van der Waals surface area contributed by atoms with Crippen LogP contribution in [-0.4, -0.2) is 4.98 Å². The Kier molecular flexibility index (Phi) is 3.18. The Balaban J connectivity index is 2.53. The molecule has 1 aromatic heterocycles. The Labute approximate surface area is 107 Å². The molecule has 1 heterocycles. The summed E-state index contributed by atoms with van der Waals surface area (Å²) in [6.07, 6.45) is 1.20. The molecule has 2 rings (SSSR count). The van der Waals surface area contributed by atoms with E-state index in [9.17, 15) is 4.39 Å². The molecule has 0 amide bonds. The summed E-state index contributed by atoms with van der Waals surface area (Å²) in [5, 5.41) is 0. The highest BCUT2D eigenvalue weighted by Crippen LogP contribution is 2.28. The van der Waals surface area contributed by atoms with Crippen LogP contribution >= 0.6 is 0 Å². The van der Waals surface area contributed by atoms with E-state index in [4.69, 9.17) is 5.73 Å². The van der Waals surface area contributed by atoms with Gasteiger partial charge in [0.2, 0.25) is 0 Å². The molecule has 2 nitrogen and oxygen atoms in total. The van der Waals surface area contributed by atoms with E-state index in [-0.39, 0.29) is 5.82 Å². The van der Waals surface area contributed by atoms with Crippen molar-refractivity contribution in [1.29, 1.82) is 0 Å². The molecule has 0 aliphatic rings. The van der Waals surface area contributed by atoms with Crippen LogP contribution < -0.4 is 5.73 Å². The zero-order valence-electron chi connectivity index (χ0n) is 10.9. The lowest BCUT2D eigenvalue weighted by Gasteiger charge is -2.27. The van der Waals surface area contributed by atoms with Crippen molar-refractivity contribution in [3.63, 3.8) is 0 Å². The summed E-state index contributed by atoms with van der Waals surface area (Å²) >= 11 is 0. The molecule has 2 aromatic rings. The lowest BCUT2D eigenvalue weighted by Crippen LogP contribution is -2.36. The number of halogens is 1. The van der Waals surface area contributed by atoms with Crippen LogP contribution in [-0.2, 0) is 5.54 Å². The molecule has 0 saturated carbocycles. The topological polar surface area (TPSA) is 38.9 Å². The second-order valence-corrected chi connectivity index (χ2v) is 4.88. The first-order chi connectivity index (χ1) is 8.41. The van der Waals surface area contributed by atoms with E-state index in [1.165, 1.54) is 12.3 Å². The van der Waals surface area contributed by atoms with Gasteiger partial charge in [0.05, 0.1) is 17.4 Å². The molecular formula is C15H17FN2. The second-order valence-electron chi connectivity index (χ2n) is 4.88. The van der Waals surface area contributed by atoms with Gasteiger partial charge in [-0.25, -0.2) is 4.39 Å². The number of nitrogens with zero attached hydrogens (tertiary/aromatic N) is 1. The first-order valence-electron chi connectivity index (χ1n) is 5.90. The van der Waals surface area contributed by atoms with E-state index in [1.807, 2.05) is 32.9 Å². The van der Waals surface area contributed by atoms with Crippen molar-refractivity contribution in [3.05, 3.63) is 64.7 Å². The zero-order valence-corrected chi connectivity index (χ0v) is 10.9. The van der Waals surface area contributed by atoms with Gasteiger partial charge in [-0.15, -0.1) is 0 Å². The fourth-order valence-corrected chi connectivity index (χ4v) is 2.12. The molecule has 0 radical (unpaired) electrons. The van der Waals surface area contributed by atoms with Gasteiger partial charge in [-0.1, -0.05) is 23.8 Å². The highest BCUT2D eigenvalue weighted by atomic mass is 19.1. The quantitative estimate of drug-likeness (QED) is 0.881. The molecule has 94 valence electrons. The molecule has 3 heteroatoms. The monoisotopic (exact) mass is 244 g/mol. The van der Waals surface area contributed by atoms with Crippen molar-refractivity contribution in [2.24, 2.45) is 5.73 Å². The fraction of sp³-hybridized carbons (Fsp3) is 0.267. The first kappa shape index (κ1) is 12.7. The van der Waals surface area contributed by atoms with Gasteiger partial charge in [-0.3, -0.25) is 4.98 Å². The van der Waals surface area contributed by atoms with E-state index in [2.05, 4.69) is 11.1 Å². The van der Waals surface area contributed by atoms with Crippen LogP contribution in [0.1, 0.15) is 29.3 Å². The number of hydrogen-bond donors (Lipinski definition) is 1. The normalized spacial score (nSPS) is 14.3. The molecule has 0 aliphatic carbocycles. The minimum Gasteiger partial charge on any atom is -0.317 e. The van der Waals surface area contributed by atoms with Crippen LogP contribution in [0.25, 0.3) is 0 Å². The third-order valence-corrected chi connectivity index (χ3v) is 3.21. The number of aryl methyl sites for hydroxylation is 2. The highest BCUT2D eigenvalue weighted by molar-refractivity contribution is 5.40. The van der Waals surface area contributed by atoms with Crippen molar-refractivity contribution in [1.82, 2.24) is 4.98 Å². The van der Waals surface area contributed by atoms with Gasteiger partial charge in [-0.2, -0.15) is 0 Å². The Morgan fingerprint density at radius 2 is 1.89 bits per heavy atom. The molecule has 0 spiro atoms. The lowest BCUT2D eigenvalue weighted by molar-refractivity contribution is 0.564. The number of hydrogen-bond acceptors (Lipinski definition) is 2. The van der Waals surface area contributed by atoms with E-state index in [0.717, 1.165) is 16.7 Å². The molecule has 18 heavy (non-hydrogen) atoms. The molecule has 1 aromatic carbocycles. The van der Waals surface area contributed by atoms with E-state index < -0.39 is 5.54 Å². The molecule has 1 unspecified atom stereocenters. The van der Waals surface area contributed by atoms with Gasteiger partial charge in [0.15, 0.2) is 0 Å². The third-order valence-electron chi connectivity index (χ3n) is 3.21. The maximum atomic E-state index is 12.9. The summed E-state index contributed by atoms with van der Waals surface area (Å²) in [5.74, 6) is -0.351. The van der Waals surface area contributed by atoms with Crippen molar-refractivity contribution in [2.45, 2.75) is 26.3 Å². The summed E-state index contributed by atoms with van der Waals surface area (Å²) in [5.41, 5.74) is 9.61. The van der Waals surface area contributed by atoms with E-state index >= 15 is 0 Å². The van der Waals surface area contributed by atoms with Gasteiger partial charge in [-0.05, 0) is 44.0 Å². The molecule has 2 N–H and O–H groups in total. The van der Waals surface area contributed by atoms with E-state index in [0.29, 0.717) is 5.69 Å². The maximum absolute atomic E-state index is 12.9. The predicted octanol–water partition coefficient (Wildman–Crippen LogP) is 3.06. The van der Waals surface area contributed by atoms with Crippen LogP contribution in [0.5, 0.6) is 0 Å². The van der Waals surface area contributed by atoms with E-state index in [1.54, 1.807) is 6.07 Å². The standard InChI is InChI=1S/C15H17FN2/c1-10-4-5-11(2)13(8-10)15(3,17)14-7-6-12(16)9-18-14/h4-9H,17H2,1-3H3. The van der Waals surface area contributed by atoms with Crippen molar-refractivity contribution in [3.8, 4) is 0 Å². The van der Waals surface area contributed by atoms with Crippen molar-refractivity contribution >= 4 is 0 Å². The second kappa shape index (κ2) is 4.50. The van der Waals surface area contributed by atoms with Crippen LogP contribution in [0, 0.1) is 19.7 Å². The summed E-state index contributed by atoms with van der Waals surface area (Å²) in [6, 6.07) is 9.17. The fourth-order valence-electron chi connectivity index (χ4n) is 2.12. The number of rotatable bonds is 2. The van der Waals surface area contributed by atoms with Gasteiger partial charge in [0.1, 0.15) is 5.82 Å². The molecule has 0 fully saturated rings. The average Bonchev–Trinajstić information content (AvgIpc) is 2.32. The highest BCUT2D eigenvalue weighted by Gasteiger charge is 2.27. The zero-order chi connectivity index (χ0) is 13.3. The SMILES string of the molecule is Cc1ccc(C)c(C(C)(N)c2ccc(F)cn2)c1. The summed E-state index contributed by atoms with van der Waals surface area (Å²) in [7, 11) is 0. The van der Waals surface area contributed by atoms with Gasteiger partial charge in [0.25, 0.3) is 0 Å². The van der Waals surface area contributed by atoms with Gasteiger partial charge >= 0.3 is 0 Å². The van der Waals surface area contributed by atoms with Gasteiger partial charge < -0.3 is 5.73 Å². The summed E-state index contributed by atoms with van der Waals surface area (Å²) < 4.78 is 12.9. The van der Waals surface area contributed by atoms with Crippen LogP contribution in [0.2, 0.25) is 0 Å². The molecule has 1 atom stereocenters. The average molecular weight is 244 g/mol. The molecule has 0 bridgehead atoms. The molecule has 0 saturated heterocycles. The minimum atomic E-state index is -0.718. The number of benzene rings is 1. The van der Waals surface area contributed by atoms with Crippen molar-refractivity contribution < 1.29 is 4.39 Å². The number of aromatic nitrogens is 1. The van der Waals surface area contributed by atoms with Crippen molar-refractivity contribution in [2.75, 3.05) is 0 Å². The third kappa shape index (κ3) is 2.27. The summed E-state index contributed by atoms with van der Waals surface area (Å²) in [4.78, 5) is 4.10. The number of pyridine rings is 1. The molecular weight excluding hydrogens is 227 g/mol. The maximum Gasteiger partial charge on any atom is 0.141 e. The predicted molar refractivity (Wildman–Crippen MR) is 70.8 cm³/mol. The van der Waals surface area contributed by atoms with Gasteiger partial charge in [0, 0.05) is 0 Å². The largest absolute Gasteiger partial charge is 0.317 e. The minimum absolute atomic E-state index is 0.351. The Hall–Kier alpha value is -1.74. The Morgan fingerprint density at radius 1 is 1.17 bits per heavy atom. The van der Waals surface area contributed by atoms with Crippen LogP contribution in [0.4, 0.5) is 4.39 Å². The Morgan fingerprint density at radius 3 is 2.50 bits per heavy atom. The Bertz CT molecular complexity index is 559. The van der Waals surface area contributed by atoms with Crippen LogP contribution in [0.15, 0.2) is 36.5 Å².